The molecule has 0 spiro atoms. The van der Waals surface area contributed by atoms with E-state index in [9.17, 15) is 9.90 Å². The van der Waals surface area contributed by atoms with Gasteiger partial charge in [-0.2, -0.15) is 4.99 Å². The van der Waals surface area contributed by atoms with Gasteiger partial charge in [0.15, 0.2) is 5.17 Å². The molecule has 146 valence electrons. The number of carbonyl (C=O) groups is 1. The van der Waals surface area contributed by atoms with E-state index in [0.29, 0.717) is 15.8 Å². The first-order chi connectivity index (χ1) is 12.2. The van der Waals surface area contributed by atoms with Gasteiger partial charge in [0, 0.05) is 11.1 Å². The maximum atomic E-state index is 12.4. The summed E-state index contributed by atoms with van der Waals surface area (Å²) < 4.78 is 0. The fraction of sp³-hybridized carbons (Fsp3) is 0.450. The van der Waals surface area contributed by atoms with Crippen molar-refractivity contribution in [3.63, 3.8) is 0 Å². The number of guanidine groups is 1. The largest absolute Gasteiger partial charge is 0.507 e. The van der Waals surface area contributed by atoms with E-state index in [1.54, 1.807) is 0 Å². The second-order valence-electron chi connectivity index (χ2n) is 8.73. The minimum Gasteiger partial charge on any atom is -0.507 e. The molecule has 0 aliphatic carbocycles. The monoisotopic (exact) mass is 388 g/mol. The highest BCUT2D eigenvalue weighted by molar-refractivity contribution is 8.18. The molecule has 1 saturated heterocycles. The Labute approximate surface area is 164 Å². The Morgan fingerprint density at radius 2 is 1.63 bits per heavy atom. The molecular formula is C20H28N4O2S. The number of phenols is 1. The second kappa shape index (κ2) is 7.03. The number of amides is 1. The molecule has 5 N–H and O–H groups in total. The van der Waals surface area contributed by atoms with E-state index in [-0.39, 0.29) is 22.7 Å². The highest BCUT2D eigenvalue weighted by Crippen LogP contribution is 2.42. The molecule has 1 aliphatic rings. The first-order valence-electron chi connectivity index (χ1n) is 8.73. The highest BCUT2D eigenvalue weighted by atomic mass is 32.2. The summed E-state index contributed by atoms with van der Waals surface area (Å²) in [5, 5.41) is 21.1. The van der Waals surface area contributed by atoms with Crippen LogP contribution in [0.2, 0.25) is 0 Å². The molecule has 7 heteroatoms. The van der Waals surface area contributed by atoms with Gasteiger partial charge in [-0.25, -0.2) is 0 Å². The Bertz CT molecular complexity index is 836. The molecule has 1 fully saturated rings. The average Bonchev–Trinajstić information content (AvgIpc) is 2.84. The van der Waals surface area contributed by atoms with Crippen molar-refractivity contribution >= 4 is 34.4 Å². The molecule has 1 aromatic carbocycles. The van der Waals surface area contributed by atoms with Gasteiger partial charge in [-0.3, -0.25) is 10.2 Å². The van der Waals surface area contributed by atoms with Gasteiger partial charge < -0.3 is 16.2 Å². The summed E-state index contributed by atoms with van der Waals surface area (Å²) in [6.45, 7) is 14.2. The number of carbonyl (C=O) groups excluding carboxylic acids is 1. The van der Waals surface area contributed by atoms with Crippen molar-refractivity contribution in [1.29, 1.82) is 5.41 Å². The average molecular weight is 389 g/mol. The molecule has 0 aromatic heterocycles. The van der Waals surface area contributed by atoms with Gasteiger partial charge >= 0.3 is 0 Å². The Morgan fingerprint density at radius 1 is 1.15 bits per heavy atom. The summed E-state index contributed by atoms with van der Waals surface area (Å²) in [6.07, 6.45) is 0. The van der Waals surface area contributed by atoms with E-state index >= 15 is 0 Å². The summed E-state index contributed by atoms with van der Waals surface area (Å²) in [7, 11) is 0. The SMILES string of the molecule is C/C(=C1/SC(=NC(=N)N)NC1=O)c1cc(C(C)(C)C)c(O)c(C(C)(C)C)c1. The molecule has 1 heterocycles. The van der Waals surface area contributed by atoms with Gasteiger partial charge in [-0.15, -0.1) is 0 Å². The lowest BCUT2D eigenvalue weighted by atomic mass is 9.78. The third kappa shape index (κ3) is 4.53. The van der Waals surface area contributed by atoms with Crippen LogP contribution >= 0.6 is 11.8 Å². The number of rotatable bonds is 1. The number of phenolic OH excluding ortho intramolecular Hbond substituents is 1. The molecular weight excluding hydrogens is 360 g/mol. The molecule has 0 bridgehead atoms. The van der Waals surface area contributed by atoms with Crippen LogP contribution < -0.4 is 11.1 Å². The van der Waals surface area contributed by atoms with E-state index in [4.69, 9.17) is 11.1 Å². The molecule has 0 atom stereocenters. The standard InChI is InChI=1S/C20H28N4O2S/c1-10(15-16(26)23-18(27-15)24-17(21)22)11-8-12(19(2,3)4)14(25)13(9-11)20(5,6)7/h8-9,25H,1-7H3,(H4,21,22,23,24,26)/b15-10-. The van der Waals surface area contributed by atoms with Crippen molar-refractivity contribution in [3.8, 4) is 5.75 Å². The summed E-state index contributed by atoms with van der Waals surface area (Å²) in [4.78, 5) is 16.7. The van der Waals surface area contributed by atoms with E-state index in [2.05, 4.69) is 51.9 Å². The van der Waals surface area contributed by atoms with Crippen LogP contribution in [0.3, 0.4) is 0 Å². The Morgan fingerprint density at radius 3 is 2.04 bits per heavy atom. The lowest BCUT2D eigenvalue weighted by Crippen LogP contribution is -2.22. The Hall–Kier alpha value is -2.28. The molecule has 1 aliphatic heterocycles. The maximum absolute atomic E-state index is 12.4. The van der Waals surface area contributed by atoms with Crippen molar-refractivity contribution in [3.05, 3.63) is 33.7 Å². The topological polar surface area (TPSA) is 112 Å². The van der Waals surface area contributed by atoms with Crippen LogP contribution in [0.1, 0.15) is 65.2 Å². The smallest absolute Gasteiger partial charge is 0.264 e. The first kappa shape index (κ1) is 21.0. The third-order valence-corrected chi connectivity index (χ3v) is 5.43. The zero-order valence-corrected chi connectivity index (χ0v) is 17.8. The van der Waals surface area contributed by atoms with Crippen LogP contribution in [0.4, 0.5) is 0 Å². The fourth-order valence-electron chi connectivity index (χ4n) is 2.85. The van der Waals surface area contributed by atoms with E-state index in [1.807, 2.05) is 19.1 Å². The van der Waals surface area contributed by atoms with Gasteiger partial charge in [0.2, 0.25) is 5.96 Å². The molecule has 1 aromatic rings. The van der Waals surface area contributed by atoms with E-state index < -0.39 is 0 Å². The number of allylic oxidation sites excluding steroid dienone is 1. The minimum atomic E-state index is -0.355. The maximum Gasteiger partial charge on any atom is 0.264 e. The molecule has 1 amide bonds. The number of nitrogens with zero attached hydrogens (tertiary/aromatic N) is 1. The minimum absolute atomic E-state index is 0.253. The van der Waals surface area contributed by atoms with Crippen molar-refractivity contribution in [1.82, 2.24) is 5.32 Å². The lowest BCUT2D eigenvalue weighted by molar-refractivity contribution is -0.115. The number of nitrogens with two attached hydrogens (primary N) is 1. The van der Waals surface area contributed by atoms with Gasteiger partial charge in [0.25, 0.3) is 5.91 Å². The summed E-state index contributed by atoms with van der Waals surface area (Å²) in [5.74, 6) is -0.314. The predicted octanol–water partition coefficient (Wildman–Crippen LogP) is 3.83. The van der Waals surface area contributed by atoms with Crippen molar-refractivity contribution in [2.45, 2.75) is 59.3 Å². The quantitative estimate of drug-likeness (QED) is 0.333. The number of nitrogens with one attached hydrogen (secondary N) is 2. The number of amidine groups is 1. The number of aliphatic imine (C=N–C) groups is 1. The van der Waals surface area contributed by atoms with Crippen molar-refractivity contribution in [2.24, 2.45) is 10.7 Å². The predicted molar refractivity (Wildman–Crippen MR) is 113 cm³/mol. The third-order valence-electron chi connectivity index (χ3n) is 4.35. The van der Waals surface area contributed by atoms with E-state index in [0.717, 1.165) is 22.3 Å². The van der Waals surface area contributed by atoms with Crippen molar-refractivity contribution < 1.29 is 9.90 Å². The zero-order valence-electron chi connectivity index (χ0n) is 16.9. The van der Waals surface area contributed by atoms with Gasteiger partial charge in [-0.1, -0.05) is 41.5 Å². The van der Waals surface area contributed by atoms with Gasteiger partial charge in [0.1, 0.15) is 5.75 Å². The second-order valence-corrected chi connectivity index (χ2v) is 9.73. The van der Waals surface area contributed by atoms with Crippen LogP contribution in [0, 0.1) is 5.41 Å². The lowest BCUT2D eigenvalue weighted by Gasteiger charge is -2.28. The zero-order chi connectivity index (χ0) is 20.7. The number of hydrogen-bond acceptors (Lipinski definition) is 4. The van der Waals surface area contributed by atoms with Crippen LogP contribution in [-0.4, -0.2) is 22.1 Å². The Balaban J connectivity index is 2.68. The van der Waals surface area contributed by atoms with Gasteiger partial charge in [0.05, 0.1) is 4.91 Å². The fourth-order valence-corrected chi connectivity index (χ4v) is 3.75. The molecule has 0 radical (unpaired) electrons. The Kier molecular flexibility index (Phi) is 5.48. The van der Waals surface area contributed by atoms with Gasteiger partial charge in [-0.05, 0) is 52.8 Å². The number of benzene rings is 1. The highest BCUT2D eigenvalue weighted by Gasteiger charge is 2.30. The van der Waals surface area contributed by atoms with Crippen LogP contribution in [0.5, 0.6) is 5.75 Å². The molecule has 27 heavy (non-hydrogen) atoms. The summed E-state index contributed by atoms with van der Waals surface area (Å²) in [5.41, 5.74) is 8.13. The van der Waals surface area contributed by atoms with Crippen LogP contribution in [0.25, 0.3) is 5.57 Å². The molecule has 0 saturated carbocycles. The van der Waals surface area contributed by atoms with Crippen LogP contribution in [0.15, 0.2) is 22.0 Å². The number of thioether (sulfide) groups is 1. The molecule has 6 nitrogen and oxygen atoms in total. The normalized spacial score (nSPS) is 18.6. The summed E-state index contributed by atoms with van der Waals surface area (Å²) >= 11 is 1.17. The first-order valence-corrected chi connectivity index (χ1v) is 9.54. The van der Waals surface area contributed by atoms with E-state index in [1.165, 1.54) is 11.8 Å². The molecule has 2 rings (SSSR count). The number of hydrogen-bond donors (Lipinski definition) is 4. The number of aromatic hydroxyl groups is 1. The van der Waals surface area contributed by atoms with Crippen molar-refractivity contribution in [2.75, 3.05) is 0 Å². The molecule has 0 unspecified atom stereocenters. The van der Waals surface area contributed by atoms with Crippen LogP contribution in [-0.2, 0) is 15.6 Å². The summed E-state index contributed by atoms with van der Waals surface area (Å²) in [6, 6.07) is 3.89.